The SMILES string of the molecule is COC(=O)Cc1cc(C#N)c(CCl)c(OC)c1. The molecule has 0 N–H and O–H groups in total. The van der Waals surface area contributed by atoms with Crippen LogP contribution in [0.25, 0.3) is 0 Å². The molecule has 0 aliphatic heterocycles. The van der Waals surface area contributed by atoms with Crippen LogP contribution in [0.3, 0.4) is 0 Å². The van der Waals surface area contributed by atoms with Gasteiger partial charge in [-0.25, -0.2) is 0 Å². The first kappa shape index (κ1) is 13.3. The Hall–Kier alpha value is -1.73. The molecule has 0 fully saturated rings. The summed E-state index contributed by atoms with van der Waals surface area (Å²) in [4.78, 5) is 11.2. The second-order valence-electron chi connectivity index (χ2n) is 3.32. The largest absolute Gasteiger partial charge is 0.496 e. The van der Waals surface area contributed by atoms with Crippen LogP contribution in [0.4, 0.5) is 0 Å². The standard InChI is InChI=1S/C12H12ClNO3/c1-16-11-4-8(5-12(15)17-2)3-9(7-14)10(11)6-13/h3-4H,5-6H2,1-2H3. The van der Waals surface area contributed by atoms with Crippen molar-refractivity contribution in [3.8, 4) is 11.8 Å². The second-order valence-corrected chi connectivity index (χ2v) is 3.59. The number of rotatable bonds is 4. The third-order valence-corrected chi connectivity index (χ3v) is 2.59. The lowest BCUT2D eigenvalue weighted by molar-refractivity contribution is -0.139. The van der Waals surface area contributed by atoms with E-state index < -0.39 is 0 Å². The zero-order chi connectivity index (χ0) is 12.8. The van der Waals surface area contributed by atoms with Gasteiger partial charge in [0.2, 0.25) is 0 Å². The van der Waals surface area contributed by atoms with Crippen LogP contribution in [0.15, 0.2) is 12.1 Å². The van der Waals surface area contributed by atoms with Crippen LogP contribution in [-0.2, 0) is 21.8 Å². The molecule has 5 heteroatoms. The number of halogens is 1. The number of hydrogen-bond donors (Lipinski definition) is 0. The molecule has 1 aromatic rings. The number of nitrogens with zero attached hydrogens (tertiary/aromatic N) is 1. The monoisotopic (exact) mass is 253 g/mol. The van der Waals surface area contributed by atoms with Crippen LogP contribution in [0.2, 0.25) is 0 Å². The first-order valence-electron chi connectivity index (χ1n) is 4.89. The number of ether oxygens (including phenoxy) is 2. The number of benzene rings is 1. The Balaban J connectivity index is 3.19. The van der Waals surface area contributed by atoms with E-state index in [0.717, 1.165) is 0 Å². The summed E-state index contributed by atoms with van der Waals surface area (Å²) in [6, 6.07) is 5.35. The van der Waals surface area contributed by atoms with E-state index in [1.807, 2.05) is 6.07 Å². The minimum absolute atomic E-state index is 0.101. The normalized spacial score (nSPS) is 9.53. The minimum Gasteiger partial charge on any atom is -0.496 e. The van der Waals surface area contributed by atoms with Crippen LogP contribution >= 0.6 is 11.6 Å². The molecule has 0 aliphatic rings. The summed E-state index contributed by atoms with van der Waals surface area (Å²) >= 11 is 5.76. The van der Waals surface area contributed by atoms with Crippen molar-refractivity contribution in [3.05, 3.63) is 28.8 Å². The molecule has 1 rings (SSSR count). The average molecular weight is 254 g/mol. The van der Waals surface area contributed by atoms with Gasteiger partial charge in [-0.1, -0.05) is 0 Å². The minimum atomic E-state index is -0.366. The highest BCUT2D eigenvalue weighted by Gasteiger charge is 2.12. The molecular formula is C12H12ClNO3. The van der Waals surface area contributed by atoms with Crippen LogP contribution in [0.1, 0.15) is 16.7 Å². The molecule has 0 saturated carbocycles. The Morgan fingerprint density at radius 1 is 1.47 bits per heavy atom. The number of hydrogen-bond acceptors (Lipinski definition) is 4. The van der Waals surface area contributed by atoms with Crippen molar-refractivity contribution in [1.29, 1.82) is 5.26 Å². The molecule has 0 spiro atoms. The highest BCUT2D eigenvalue weighted by Crippen LogP contribution is 2.26. The number of methoxy groups -OCH3 is 2. The number of carbonyl (C=O) groups is 1. The van der Waals surface area contributed by atoms with Gasteiger partial charge in [0.05, 0.1) is 38.2 Å². The zero-order valence-corrected chi connectivity index (χ0v) is 10.4. The van der Waals surface area contributed by atoms with Gasteiger partial charge in [0, 0.05) is 5.56 Å². The van der Waals surface area contributed by atoms with Gasteiger partial charge in [-0.15, -0.1) is 11.6 Å². The molecule has 0 amide bonds. The quantitative estimate of drug-likeness (QED) is 0.608. The van der Waals surface area contributed by atoms with E-state index >= 15 is 0 Å². The Morgan fingerprint density at radius 2 is 2.18 bits per heavy atom. The summed E-state index contributed by atoms with van der Waals surface area (Å²) in [6.07, 6.45) is 0.101. The fourth-order valence-corrected chi connectivity index (χ4v) is 1.74. The maximum absolute atomic E-state index is 11.2. The number of alkyl halides is 1. The lowest BCUT2D eigenvalue weighted by Crippen LogP contribution is -2.06. The highest BCUT2D eigenvalue weighted by molar-refractivity contribution is 6.17. The van der Waals surface area contributed by atoms with Crippen molar-refractivity contribution < 1.29 is 14.3 Å². The van der Waals surface area contributed by atoms with Crippen molar-refractivity contribution >= 4 is 17.6 Å². The summed E-state index contributed by atoms with van der Waals surface area (Å²) in [7, 11) is 2.81. The zero-order valence-electron chi connectivity index (χ0n) is 9.62. The summed E-state index contributed by atoms with van der Waals surface area (Å²) < 4.78 is 9.72. The molecule has 4 nitrogen and oxygen atoms in total. The summed E-state index contributed by atoms with van der Waals surface area (Å²) in [5.41, 5.74) is 1.71. The Labute approximate surface area is 105 Å². The van der Waals surface area contributed by atoms with Gasteiger partial charge >= 0.3 is 5.97 Å². The first-order valence-corrected chi connectivity index (χ1v) is 5.42. The lowest BCUT2D eigenvalue weighted by atomic mass is 10.0. The van der Waals surface area contributed by atoms with Gasteiger partial charge in [-0.3, -0.25) is 4.79 Å². The van der Waals surface area contributed by atoms with Crippen LogP contribution in [-0.4, -0.2) is 20.2 Å². The van der Waals surface area contributed by atoms with Crippen molar-refractivity contribution in [3.63, 3.8) is 0 Å². The Bertz CT molecular complexity index is 466. The van der Waals surface area contributed by atoms with Crippen molar-refractivity contribution in [2.45, 2.75) is 12.3 Å². The summed E-state index contributed by atoms with van der Waals surface area (Å²) in [5.74, 6) is 0.331. The van der Waals surface area contributed by atoms with Crippen LogP contribution in [0, 0.1) is 11.3 Å². The van der Waals surface area contributed by atoms with E-state index in [2.05, 4.69) is 4.74 Å². The van der Waals surface area contributed by atoms with Gasteiger partial charge < -0.3 is 9.47 Å². The fourth-order valence-electron chi connectivity index (χ4n) is 1.46. The molecule has 0 aliphatic carbocycles. The third-order valence-electron chi connectivity index (χ3n) is 2.32. The van der Waals surface area contributed by atoms with Gasteiger partial charge in [-0.05, 0) is 17.7 Å². The molecule has 0 atom stereocenters. The van der Waals surface area contributed by atoms with E-state index in [4.69, 9.17) is 21.6 Å². The van der Waals surface area contributed by atoms with Crippen molar-refractivity contribution in [1.82, 2.24) is 0 Å². The summed E-state index contributed by atoms with van der Waals surface area (Å²) in [6.45, 7) is 0. The van der Waals surface area contributed by atoms with Gasteiger partial charge in [0.15, 0.2) is 0 Å². The van der Waals surface area contributed by atoms with Crippen LogP contribution in [0.5, 0.6) is 5.75 Å². The Kier molecular flexibility index (Phi) is 4.80. The van der Waals surface area contributed by atoms with Crippen molar-refractivity contribution in [2.75, 3.05) is 14.2 Å². The average Bonchev–Trinajstić information content (AvgIpc) is 2.37. The van der Waals surface area contributed by atoms with E-state index in [9.17, 15) is 4.79 Å². The van der Waals surface area contributed by atoms with Gasteiger partial charge in [-0.2, -0.15) is 5.26 Å². The smallest absolute Gasteiger partial charge is 0.309 e. The molecular weight excluding hydrogens is 242 g/mol. The number of carbonyl (C=O) groups excluding carboxylic acids is 1. The molecule has 90 valence electrons. The van der Waals surface area contributed by atoms with Gasteiger partial charge in [0.25, 0.3) is 0 Å². The number of esters is 1. The maximum atomic E-state index is 11.2. The Morgan fingerprint density at radius 3 is 2.65 bits per heavy atom. The predicted octanol–water partition coefficient (Wildman–Crippen LogP) is 2.02. The molecule has 0 heterocycles. The highest BCUT2D eigenvalue weighted by atomic mass is 35.5. The fraction of sp³-hybridized carbons (Fsp3) is 0.333. The van der Waals surface area contributed by atoms with Crippen molar-refractivity contribution in [2.24, 2.45) is 0 Å². The molecule has 0 saturated heterocycles. The first-order chi connectivity index (χ1) is 8.15. The summed E-state index contributed by atoms with van der Waals surface area (Å²) in [5, 5.41) is 9.00. The van der Waals surface area contributed by atoms with E-state index in [0.29, 0.717) is 22.4 Å². The topological polar surface area (TPSA) is 59.3 Å². The molecule has 0 radical (unpaired) electrons. The lowest BCUT2D eigenvalue weighted by Gasteiger charge is -2.10. The van der Waals surface area contributed by atoms with Gasteiger partial charge in [0.1, 0.15) is 5.75 Å². The number of nitriles is 1. The third kappa shape index (κ3) is 3.11. The van der Waals surface area contributed by atoms with Crippen LogP contribution < -0.4 is 4.74 Å². The van der Waals surface area contributed by atoms with E-state index in [-0.39, 0.29) is 18.3 Å². The van der Waals surface area contributed by atoms with E-state index in [1.54, 1.807) is 12.1 Å². The molecule has 1 aromatic carbocycles. The van der Waals surface area contributed by atoms with E-state index in [1.165, 1.54) is 14.2 Å². The second kappa shape index (κ2) is 6.12. The maximum Gasteiger partial charge on any atom is 0.309 e. The molecule has 17 heavy (non-hydrogen) atoms. The predicted molar refractivity (Wildman–Crippen MR) is 63.0 cm³/mol. The molecule has 0 unspecified atom stereocenters. The molecule has 0 aromatic heterocycles. The molecule has 0 bridgehead atoms.